The maximum absolute atomic E-state index is 12.1. The van der Waals surface area contributed by atoms with Crippen molar-refractivity contribution in [1.29, 1.82) is 0 Å². The molecule has 1 aromatic rings. The Morgan fingerprint density at radius 2 is 2.09 bits per heavy atom. The quantitative estimate of drug-likeness (QED) is 0.806. The van der Waals surface area contributed by atoms with Gasteiger partial charge in [0.2, 0.25) is 0 Å². The SMILES string of the molecule is COC(=O)C1C(C)=NC(=O)NC1c1cc(Cl)cc(Br)c1OC. The Morgan fingerprint density at radius 3 is 2.68 bits per heavy atom. The highest BCUT2D eigenvalue weighted by molar-refractivity contribution is 9.10. The van der Waals surface area contributed by atoms with Gasteiger partial charge in [-0.2, -0.15) is 0 Å². The van der Waals surface area contributed by atoms with Crippen LogP contribution in [0.25, 0.3) is 0 Å². The van der Waals surface area contributed by atoms with Crippen molar-refractivity contribution >= 4 is 45.2 Å². The first-order valence-corrected chi connectivity index (χ1v) is 7.52. The molecule has 6 nitrogen and oxygen atoms in total. The number of urea groups is 1. The molecule has 0 radical (unpaired) electrons. The number of nitrogens with one attached hydrogen (secondary N) is 1. The van der Waals surface area contributed by atoms with Gasteiger partial charge < -0.3 is 14.8 Å². The molecule has 1 aliphatic rings. The van der Waals surface area contributed by atoms with Crippen LogP contribution in [0.1, 0.15) is 18.5 Å². The molecule has 0 saturated heterocycles. The van der Waals surface area contributed by atoms with Crippen molar-refractivity contribution in [3.8, 4) is 5.75 Å². The summed E-state index contributed by atoms with van der Waals surface area (Å²) in [5.41, 5.74) is 0.943. The number of carbonyl (C=O) groups excluding carboxylic acids is 2. The van der Waals surface area contributed by atoms with Gasteiger partial charge in [-0.25, -0.2) is 9.79 Å². The molecule has 0 aliphatic carbocycles. The largest absolute Gasteiger partial charge is 0.495 e. The normalized spacial score (nSPS) is 21.0. The Labute approximate surface area is 141 Å². The van der Waals surface area contributed by atoms with E-state index in [1.165, 1.54) is 14.2 Å². The summed E-state index contributed by atoms with van der Waals surface area (Å²) in [5, 5.41) is 3.12. The van der Waals surface area contributed by atoms with Crippen LogP contribution in [-0.4, -0.2) is 31.9 Å². The number of hydrogen-bond donors (Lipinski definition) is 1. The number of aliphatic imine (C=N–C) groups is 1. The van der Waals surface area contributed by atoms with Crippen LogP contribution in [0.2, 0.25) is 5.02 Å². The lowest BCUT2D eigenvalue weighted by Crippen LogP contribution is -2.44. The van der Waals surface area contributed by atoms with E-state index in [9.17, 15) is 9.59 Å². The molecule has 2 amide bonds. The molecule has 0 fully saturated rings. The standard InChI is InChI=1S/C14H14BrClN2O4/c1-6-10(13(19)22-3)11(18-14(20)17-6)8-4-7(16)5-9(15)12(8)21-2/h4-5,10-11H,1-3H3,(H,18,20). The maximum Gasteiger partial charge on any atom is 0.341 e. The fraction of sp³-hybridized carbons (Fsp3) is 0.357. The number of amides is 2. The van der Waals surface area contributed by atoms with E-state index in [0.717, 1.165) is 0 Å². The molecule has 22 heavy (non-hydrogen) atoms. The number of esters is 1. The fourth-order valence-electron chi connectivity index (χ4n) is 2.44. The average Bonchev–Trinajstić information content (AvgIpc) is 2.45. The van der Waals surface area contributed by atoms with Crippen molar-refractivity contribution < 1.29 is 19.1 Å². The number of ether oxygens (including phenoxy) is 2. The summed E-state index contributed by atoms with van der Waals surface area (Å²) in [6.45, 7) is 1.61. The van der Waals surface area contributed by atoms with Gasteiger partial charge in [0.15, 0.2) is 0 Å². The zero-order chi connectivity index (χ0) is 16.4. The van der Waals surface area contributed by atoms with Crippen molar-refractivity contribution in [2.75, 3.05) is 14.2 Å². The number of nitrogens with zero attached hydrogens (tertiary/aromatic N) is 1. The number of rotatable bonds is 3. The Balaban J connectivity index is 2.60. The Morgan fingerprint density at radius 1 is 1.41 bits per heavy atom. The van der Waals surface area contributed by atoms with Gasteiger partial charge in [0.05, 0.1) is 24.7 Å². The highest BCUT2D eigenvalue weighted by atomic mass is 79.9. The van der Waals surface area contributed by atoms with Crippen LogP contribution in [0.15, 0.2) is 21.6 Å². The summed E-state index contributed by atoms with van der Waals surface area (Å²) in [6.07, 6.45) is 0. The summed E-state index contributed by atoms with van der Waals surface area (Å²) in [4.78, 5) is 27.6. The first-order valence-electron chi connectivity index (χ1n) is 6.35. The second-order valence-electron chi connectivity index (χ2n) is 4.69. The third-order valence-corrected chi connectivity index (χ3v) is 4.18. The Bertz CT molecular complexity index is 662. The second kappa shape index (κ2) is 6.66. The zero-order valence-corrected chi connectivity index (χ0v) is 14.5. The first kappa shape index (κ1) is 16.8. The van der Waals surface area contributed by atoms with Crippen molar-refractivity contribution in [2.24, 2.45) is 10.9 Å². The van der Waals surface area contributed by atoms with E-state index in [1.807, 2.05) is 0 Å². The van der Waals surface area contributed by atoms with Crippen molar-refractivity contribution in [3.63, 3.8) is 0 Å². The number of halogens is 2. The minimum Gasteiger partial charge on any atom is -0.495 e. The maximum atomic E-state index is 12.1. The number of methoxy groups -OCH3 is 2. The summed E-state index contributed by atoms with van der Waals surface area (Å²) < 4.78 is 10.8. The summed E-state index contributed by atoms with van der Waals surface area (Å²) >= 11 is 9.45. The predicted octanol–water partition coefficient (Wildman–Crippen LogP) is 3.13. The molecule has 1 heterocycles. The molecule has 0 bridgehead atoms. The molecule has 1 aromatic carbocycles. The van der Waals surface area contributed by atoms with E-state index >= 15 is 0 Å². The van der Waals surface area contributed by atoms with E-state index in [0.29, 0.717) is 26.5 Å². The minimum absolute atomic E-state index is 0.374. The van der Waals surface area contributed by atoms with Crippen LogP contribution in [0.4, 0.5) is 4.79 Å². The smallest absolute Gasteiger partial charge is 0.341 e. The van der Waals surface area contributed by atoms with Crippen LogP contribution in [0, 0.1) is 5.92 Å². The highest BCUT2D eigenvalue weighted by Gasteiger charge is 2.39. The molecule has 2 rings (SSSR count). The molecule has 0 saturated carbocycles. The van der Waals surface area contributed by atoms with E-state index in [2.05, 4.69) is 26.2 Å². The molecule has 8 heteroatoms. The summed E-state index contributed by atoms with van der Waals surface area (Å²) in [6, 6.07) is 2.11. The van der Waals surface area contributed by atoms with Gasteiger partial charge in [0, 0.05) is 16.3 Å². The summed E-state index contributed by atoms with van der Waals surface area (Å²) in [5.74, 6) is -0.760. The van der Waals surface area contributed by atoms with Gasteiger partial charge in [0.25, 0.3) is 0 Å². The van der Waals surface area contributed by atoms with Crippen LogP contribution in [0.5, 0.6) is 5.75 Å². The van der Waals surface area contributed by atoms with Gasteiger partial charge in [-0.05, 0) is 35.0 Å². The van der Waals surface area contributed by atoms with Crippen LogP contribution < -0.4 is 10.1 Å². The topological polar surface area (TPSA) is 77.0 Å². The molecular formula is C14H14BrClN2O4. The van der Waals surface area contributed by atoms with Gasteiger partial charge >= 0.3 is 12.0 Å². The molecule has 1 N–H and O–H groups in total. The molecule has 0 aromatic heterocycles. The number of carbonyl (C=O) groups is 2. The monoisotopic (exact) mass is 388 g/mol. The summed E-state index contributed by atoms with van der Waals surface area (Å²) in [7, 11) is 2.78. The predicted molar refractivity (Wildman–Crippen MR) is 85.6 cm³/mol. The van der Waals surface area contributed by atoms with E-state index in [4.69, 9.17) is 21.1 Å². The van der Waals surface area contributed by atoms with Crippen molar-refractivity contribution in [2.45, 2.75) is 13.0 Å². The first-order chi connectivity index (χ1) is 10.4. The molecule has 118 valence electrons. The second-order valence-corrected chi connectivity index (χ2v) is 5.98. The Kier molecular flexibility index (Phi) is 5.08. The van der Waals surface area contributed by atoms with Gasteiger partial charge in [-0.3, -0.25) is 4.79 Å². The fourth-order valence-corrected chi connectivity index (χ4v) is 3.43. The lowest BCUT2D eigenvalue weighted by atomic mass is 9.88. The Hall–Kier alpha value is -1.60. The van der Waals surface area contributed by atoms with Crippen LogP contribution in [0.3, 0.4) is 0 Å². The highest BCUT2D eigenvalue weighted by Crippen LogP contribution is 2.40. The van der Waals surface area contributed by atoms with Gasteiger partial charge in [-0.15, -0.1) is 0 Å². The third-order valence-electron chi connectivity index (χ3n) is 3.37. The lowest BCUT2D eigenvalue weighted by molar-refractivity contribution is -0.143. The van der Waals surface area contributed by atoms with Crippen LogP contribution in [-0.2, 0) is 9.53 Å². The van der Waals surface area contributed by atoms with Crippen molar-refractivity contribution in [1.82, 2.24) is 5.32 Å². The average molecular weight is 390 g/mol. The van der Waals surface area contributed by atoms with E-state index in [-0.39, 0.29) is 0 Å². The van der Waals surface area contributed by atoms with Gasteiger partial charge in [0.1, 0.15) is 11.7 Å². The van der Waals surface area contributed by atoms with Crippen molar-refractivity contribution in [3.05, 3.63) is 27.2 Å². The van der Waals surface area contributed by atoms with Crippen LogP contribution >= 0.6 is 27.5 Å². The number of benzene rings is 1. The lowest BCUT2D eigenvalue weighted by Gasteiger charge is -2.30. The number of hydrogen-bond acceptors (Lipinski definition) is 4. The molecule has 2 atom stereocenters. The van der Waals surface area contributed by atoms with E-state index in [1.54, 1.807) is 19.1 Å². The third kappa shape index (κ3) is 3.10. The van der Waals surface area contributed by atoms with Gasteiger partial charge in [-0.1, -0.05) is 11.6 Å². The molecule has 1 aliphatic heterocycles. The molecule has 0 spiro atoms. The zero-order valence-electron chi connectivity index (χ0n) is 12.1. The molecule has 2 unspecified atom stereocenters. The molecular weight excluding hydrogens is 376 g/mol. The minimum atomic E-state index is -0.748. The van der Waals surface area contributed by atoms with E-state index < -0.39 is 24.0 Å².